The van der Waals surface area contributed by atoms with Gasteiger partial charge < -0.3 is 5.73 Å². The van der Waals surface area contributed by atoms with Crippen molar-refractivity contribution >= 4 is 12.2 Å². The third-order valence-electron chi connectivity index (χ3n) is 3.49. The van der Waals surface area contributed by atoms with Gasteiger partial charge in [-0.05, 0) is 47.7 Å². The zero-order valence-electron chi connectivity index (χ0n) is 9.89. The molecule has 2 nitrogen and oxygen atoms in total. The number of fused-ring (bicyclic) bond motifs is 1. The molecule has 1 aliphatic carbocycles. The van der Waals surface area contributed by atoms with Crippen LogP contribution in [0.25, 0.3) is 12.2 Å². The molecule has 1 aromatic rings. The number of hydrogen-bond donors (Lipinski definition) is 1. The molecule has 0 amide bonds. The molecule has 2 atom stereocenters. The highest BCUT2D eigenvalue weighted by molar-refractivity contribution is 5.39. The molecule has 0 saturated carbocycles. The molecule has 0 fully saturated rings. The first-order valence-electron chi connectivity index (χ1n) is 6.15. The van der Waals surface area contributed by atoms with Gasteiger partial charge in [-0.3, -0.25) is 4.98 Å². The SMILES string of the molecule is CCC(CN)CC1C=c2ccncc2=CC1. The van der Waals surface area contributed by atoms with Crippen molar-refractivity contribution in [2.75, 3.05) is 6.54 Å². The Kier molecular flexibility index (Phi) is 3.73. The van der Waals surface area contributed by atoms with E-state index in [2.05, 4.69) is 30.1 Å². The highest BCUT2D eigenvalue weighted by atomic mass is 14.6. The minimum atomic E-state index is 0.656. The Morgan fingerprint density at radius 2 is 2.38 bits per heavy atom. The molecule has 1 aliphatic rings. The smallest absolute Gasteiger partial charge is 0.0343 e. The van der Waals surface area contributed by atoms with Crippen molar-refractivity contribution in [1.82, 2.24) is 4.98 Å². The maximum absolute atomic E-state index is 5.76. The van der Waals surface area contributed by atoms with E-state index in [1.54, 1.807) is 0 Å². The Morgan fingerprint density at radius 1 is 1.50 bits per heavy atom. The van der Waals surface area contributed by atoms with Gasteiger partial charge in [-0.1, -0.05) is 25.5 Å². The van der Waals surface area contributed by atoms with Gasteiger partial charge in [0.15, 0.2) is 0 Å². The summed E-state index contributed by atoms with van der Waals surface area (Å²) in [5.74, 6) is 1.32. The van der Waals surface area contributed by atoms with Crippen LogP contribution in [0.5, 0.6) is 0 Å². The molecule has 0 radical (unpaired) electrons. The molecule has 1 aromatic heterocycles. The molecular formula is C14H20N2. The van der Waals surface area contributed by atoms with Crippen molar-refractivity contribution in [3.8, 4) is 0 Å². The second-order valence-corrected chi connectivity index (χ2v) is 4.62. The zero-order valence-corrected chi connectivity index (χ0v) is 9.89. The molecule has 2 N–H and O–H groups in total. The molecular weight excluding hydrogens is 196 g/mol. The maximum atomic E-state index is 5.76. The molecule has 2 unspecified atom stereocenters. The first kappa shape index (κ1) is 11.3. The van der Waals surface area contributed by atoms with Gasteiger partial charge in [-0.15, -0.1) is 0 Å². The Balaban J connectivity index is 2.15. The third-order valence-corrected chi connectivity index (χ3v) is 3.49. The molecule has 2 heteroatoms. The summed E-state index contributed by atoms with van der Waals surface area (Å²) in [5, 5.41) is 2.61. The van der Waals surface area contributed by atoms with Crippen LogP contribution < -0.4 is 16.2 Å². The van der Waals surface area contributed by atoms with Crippen molar-refractivity contribution in [2.24, 2.45) is 17.6 Å². The monoisotopic (exact) mass is 216 g/mol. The van der Waals surface area contributed by atoms with Crippen LogP contribution in [0.2, 0.25) is 0 Å². The molecule has 2 rings (SSSR count). The van der Waals surface area contributed by atoms with Crippen molar-refractivity contribution in [2.45, 2.75) is 26.2 Å². The van der Waals surface area contributed by atoms with Gasteiger partial charge in [0.25, 0.3) is 0 Å². The second-order valence-electron chi connectivity index (χ2n) is 4.62. The Hall–Kier alpha value is -1.15. The lowest BCUT2D eigenvalue weighted by Crippen LogP contribution is -2.30. The maximum Gasteiger partial charge on any atom is 0.0343 e. The van der Waals surface area contributed by atoms with E-state index in [0.717, 1.165) is 13.0 Å². The summed E-state index contributed by atoms with van der Waals surface area (Å²) in [4.78, 5) is 4.15. The summed E-state index contributed by atoms with van der Waals surface area (Å²) < 4.78 is 0. The fourth-order valence-corrected chi connectivity index (χ4v) is 2.36. The lowest BCUT2D eigenvalue weighted by molar-refractivity contribution is 0.428. The van der Waals surface area contributed by atoms with Crippen LogP contribution in [-0.4, -0.2) is 11.5 Å². The van der Waals surface area contributed by atoms with E-state index in [1.807, 2.05) is 12.4 Å². The lowest BCUT2D eigenvalue weighted by atomic mass is 9.87. The Morgan fingerprint density at radius 3 is 3.12 bits per heavy atom. The van der Waals surface area contributed by atoms with E-state index in [4.69, 9.17) is 5.73 Å². The molecule has 0 saturated heterocycles. The van der Waals surface area contributed by atoms with Crippen LogP contribution >= 0.6 is 0 Å². The van der Waals surface area contributed by atoms with Crippen molar-refractivity contribution in [3.63, 3.8) is 0 Å². The summed E-state index contributed by atoms with van der Waals surface area (Å²) in [6.07, 6.45) is 12.0. The third kappa shape index (κ3) is 2.50. The lowest BCUT2D eigenvalue weighted by Gasteiger charge is -2.19. The number of nitrogens with two attached hydrogens (primary N) is 1. The predicted octanol–water partition coefficient (Wildman–Crippen LogP) is 1.04. The first-order valence-corrected chi connectivity index (χ1v) is 6.15. The number of rotatable bonds is 4. The fourth-order valence-electron chi connectivity index (χ4n) is 2.36. The second kappa shape index (κ2) is 5.26. The van der Waals surface area contributed by atoms with Gasteiger partial charge in [-0.25, -0.2) is 0 Å². The highest BCUT2D eigenvalue weighted by Gasteiger charge is 2.13. The molecule has 0 aliphatic heterocycles. The standard InChI is InChI=1S/C14H20N2/c1-2-11(9-15)7-12-3-4-14-10-16-6-5-13(14)8-12/h4-6,8,10-12H,2-3,7,9,15H2,1H3. The van der Waals surface area contributed by atoms with Crippen LogP contribution in [0, 0.1) is 11.8 Å². The first-order chi connectivity index (χ1) is 7.83. The summed E-state index contributed by atoms with van der Waals surface area (Å²) >= 11 is 0. The van der Waals surface area contributed by atoms with Gasteiger partial charge in [0.1, 0.15) is 0 Å². The average Bonchev–Trinajstić information content (AvgIpc) is 2.35. The number of pyridine rings is 1. The summed E-state index contributed by atoms with van der Waals surface area (Å²) in [7, 11) is 0. The number of aromatic nitrogens is 1. The predicted molar refractivity (Wildman–Crippen MR) is 68.0 cm³/mol. The number of hydrogen-bond acceptors (Lipinski definition) is 2. The molecule has 0 aromatic carbocycles. The van der Waals surface area contributed by atoms with Crippen LogP contribution in [0.15, 0.2) is 18.5 Å². The Labute approximate surface area is 96.9 Å². The fraction of sp³-hybridized carbons (Fsp3) is 0.500. The minimum Gasteiger partial charge on any atom is -0.330 e. The topological polar surface area (TPSA) is 38.9 Å². The van der Waals surface area contributed by atoms with E-state index in [9.17, 15) is 0 Å². The summed E-state index contributed by atoms with van der Waals surface area (Å²) in [6.45, 7) is 3.03. The zero-order chi connectivity index (χ0) is 11.4. The van der Waals surface area contributed by atoms with Gasteiger partial charge >= 0.3 is 0 Å². The van der Waals surface area contributed by atoms with Gasteiger partial charge in [-0.2, -0.15) is 0 Å². The van der Waals surface area contributed by atoms with Crippen LogP contribution in [0.1, 0.15) is 26.2 Å². The van der Waals surface area contributed by atoms with Crippen LogP contribution in [0.3, 0.4) is 0 Å². The van der Waals surface area contributed by atoms with Gasteiger partial charge in [0.2, 0.25) is 0 Å². The van der Waals surface area contributed by atoms with E-state index >= 15 is 0 Å². The van der Waals surface area contributed by atoms with Crippen molar-refractivity contribution in [3.05, 3.63) is 28.9 Å². The summed E-state index contributed by atoms with van der Waals surface area (Å²) in [6, 6.07) is 2.10. The molecule has 1 heterocycles. The van der Waals surface area contributed by atoms with E-state index in [1.165, 1.54) is 23.3 Å². The Bertz CT molecular complexity index is 446. The van der Waals surface area contributed by atoms with Gasteiger partial charge in [0.05, 0.1) is 0 Å². The quantitative estimate of drug-likeness (QED) is 0.816. The van der Waals surface area contributed by atoms with E-state index in [0.29, 0.717) is 11.8 Å². The largest absolute Gasteiger partial charge is 0.330 e. The molecule has 0 spiro atoms. The molecule has 86 valence electrons. The molecule has 0 bridgehead atoms. The van der Waals surface area contributed by atoms with Crippen LogP contribution in [0.4, 0.5) is 0 Å². The van der Waals surface area contributed by atoms with E-state index in [-0.39, 0.29) is 0 Å². The minimum absolute atomic E-state index is 0.656. The van der Waals surface area contributed by atoms with Crippen molar-refractivity contribution in [1.29, 1.82) is 0 Å². The number of nitrogens with zero attached hydrogens (tertiary/aromatic N) is 1. The summed E-state index contributed by atoms with van der Waals surface area (Å²) in [5.41, 5.74) is 5.76. The average molecular weight is 216 g/mol. The highest BCUT2D eigenvalue weighted by Crippen LogP contribution is 2.20. The van der Waals surface area contributed by atoms with Crippen molar-refractivity contribution < 1.29 is 0 Å². The normalized spacial score (nSPS) is 20.5. The van der Waals surface area contributed by atoms with Crippen LogP contribution in [-0.2, 0) is 0 Å². The van der Waals surface area contributed by atoms with E-state index < -0.39 is 0 Å². The van der Waals surface area contributed by atoms with Gasteiger partial charge in [0, 0.05) is 12.4 Å². The molecule has 16 heavy (non-hydrogen) atoms.